The first-order chi connectivity index (χ1) is 22.2. The number of aliphatic carboxylic acids is 1. The molecule has 1 heterocycles. The highest BCUT2D eigenvalue weighted by Crippen LogP contribution is 2.46. The van der Waals surface area contributed by atoms with Gasteiger partial charge in [0.25, 0.3) is 5.91 Å². The summed E-state index contributed by atoms with van der Waals surface area (Å²) < 4.78 is 32.5. The molecule has 0 saturated carbocycles. The smallest absolute Gasteiger partial charge is 0.326 e. The van der Waals surface area contributed by atoms with Crippen LogP contribution in [0.5, 0.6) is 5.75 Å². The van der Waals surface area contributed by atoms with Gasteiger partial charge in [0.2, 0.25) is 11.8 Å². The third kappa shape index (κ3) is 9.75. The Labute approximate surface area is 275 Å². The van der Waals surface area contributed by atoms with Crippen LogP contribution in [0.3, 0.4) is 0 Å². The van der Waals surface area contributed by atoms with Crippen molar-refractivity contribution in [2.75, 3.05) is 23.8 Å². The SMILES string of the molecule is CC(C)(C)C[C@H](NC(=O)CNC(=O)COc1ccc([C@@H]2[C@@H](SCC(O)c3ccc(F)cc3)C(=O)N2c2ccc(F)cc2)cc1)C(=O)O. The lowest BCUT2D eigenvalue weighted by atomic mass is 9.88. The number of halogens is 2. The van der Waals surface area contributed by atoms with Crippen LogP contribution in [-0.2, 0) is 19.2 Å². The van der Waals surface area contributed by atoms with Gasteiger partial charge in [0.1, 0.15) is 28.7 Å². The fourth-order valence-electron chi connectivity index (χ4n) is 5.01. The van der Waals surface area contributed by atoms with E-state index >= 15 is 0 Å². The minimum Gasteiger partial charge on any atom is -0.484 e. The van der Waals surface area contributed by atoms with Gasteiger partial charge < -0.3 is 30.5 Å². The van der Waals surface area contributed by atoms with Crippen molar-refractivity contribution in [1.29, 1.82) is 0 Å². The van der Waals surface area contributed by atoms with E-state index in [0.717, 1.165) is 5.56 Å². The van der Waals surface area contributed by atoms with Crippen molar-refractivity contribution >= 4 is 41.1 Å². The van der Waals surface area contributed by atoms with Crippen molar-refractivity contribution in [3.8, 4) is 5.75 Å². The van der Waals surface area contributed by atoms with Crippen molar-refractivity contribution < 1.29 is 42.9 Å². The number of nitrogens with one attached hydrogen (secondary N) is 2. The van der Waals surface area contributed by atoms with Gasteiger partial charge >= 0.3 is 5.97 Å². The molecule has 4 N–H and O–H groups in total. The Hall–Kier alpha value is -4.49. The van der Waals surface area contributed by atoms with Gasteiger partial charge in [-0.05, 0) is 71.5 Å². The summed E-state index contributed by atoms with van der Waals surface area (Å²) in [5.74, 6) is -2.94. The summed E-state index contributed by atoms with van der Waals surface area (Å²) in [5.41, 5.74) is 1.43. The van der Waals surface area contributed by atoms with Crippen LogP contribution >= 0.6 is 11.8 Å². The number of amides is 3. The molecule has 0 bridgehead atoms. The molecular weight excluding hydrogens is 632 g/mol. The molecule has 1 saturated heterocycles. The largest absolute Gasteiger partial charge is 0.484 e. The summed E-state index contributed by atoms with van der Waals surface area (Å²) in [4.78, 5) is 50.8. The first-order valence-electron chi connectivity index (χ1n) is 14.9. The van der Waals surface area contributed by atoms with Crippen LogP contribution in [0.25, 0.3) is 0 Å². The summed E-state index contributed by atoms with van der Waals surface area (Å²) in [5, 5.41) is 24.3. The molecule has 13 heteroatoms. The Bertz CT molecular complexity index is 1560. The van der Waals surface area contributed by atoms with Crippen LogP contribution in [0, 0.1) is 17.0 Å². The number of carboxylic acid groups (broad SMARTS) is 1. The number of thioether (sulfide) groups is 1. The monoisotopic (exact) mass is 669 g/mol. The molecule has 250 valence electrons. The number of anilines is 1. The molecule has 0 aliphatic carbocycles. The molecule has 3 amide bonds. The van der Waals surface area contributed by atoms with Crippen LogP contribution in [0.1, 0.15) is 50.5 Å². The second-order valence-corrected chi connectivity index (χ2v) is 13.5. The zero-order chi connectivity index (χ0) is 34.3. The van der Waals surface area contributed by atoms with E-state index in [-0.39, 0.29) is 23.5 Å². The summed E-state index contributed by atoms with van der Waals surface area (Å²) in [6, 6.07) is 16.2. The lowest BCUT2D eigenvalue weighted by molar-refractivity contribution is -0.142. The molecule has 10 nitrogen and oxygen atoms in total. The van der Waals surface area contributed by atoms with E-state index in [0.29, 0.717) is 17.0 Å². The fourth-order valence-corrected chi connectivity index (χ4v) is 6.31. The minimum atomic E-state index is -1.16. The van der Waals surface area contributed by atoms with Gasteiger partial charge in [-0.2, -0.15) is 0 Å². The quantitative estimate of drug-likeness (QED) is 0.185. The maximum absolute atomic E-state index is 13.6. The Morgan fingerprint density at radius 1 is 0.936 bits per heavy atom. The Balaban J connectivity index is 1.36. The van der Waals surface area contributed by atoms with E-state index in [4.69, 9.17) is 4.74 Å². The van der Waals surface area contributed by atoms with Gasteiger partial charge in [-0.3, -0.25) is 14.4 Å². The van der Waals surface area contributed by atoms with E-state index in [1.54, 1.807) is 29.2 Å². The number of aliphatic hydroxyl groups is 1. The zero-order valence-electron chi connectivity index (χ0n) is 26.1. The molecule has 0 spiro atoms. The third-order valence-electron chi connectivity index (χ3n) is 7.33. The highest BCUT2D eigenvalue weighted by molar-refractivity contribution is 8.00. The maximum Gasteiger partial charge on any atom is 0.326 e. The molecule has 0 radical (unpaired) electrons. The summed E-state index contributed by atoms with van der Waals surface area (Å²) in [6.07, 6.45) is -0.709. The van der Waals surface area contributed by atoms with Gasteiger partial charge in [0.05, 0.1) is 18.7 Å². The number of ether oxygens (including phenoxy) is 1. The van der Waals surface area contributed by atoms with Crippen molar-refractivity contribution in [2.24, 2.45) is 5.41 Å². The average molecular weight is 670 g/mol. The van der Waals surface area contributed by atoms with Crippen LogP contribution in [0.15, 0.2) is 72.8 Å². The fraction of sp³-hybridized carbons (Fsp3) is 0.353. The number of benzene rings is 3. The number of hydrogen-bond donors (Lipinski definition) is 4. The van der Waals surface area contributed by atoms with E-state index in [1.807, 2.05) is 20.8 Å². The van der Waals surface area contributed by atoms with Gasteiger partial charge in [-0.25, -0.2) is 13.6 Å². The van der Waals surface area contributed by atoms with Gasteiger partial charge in [-0.15, -0.1) is 11.8 Å². The lowest BCUT2D eigenvalue weighted by Gasteiger charge is -2.47. The molecule has 4 rings (SSSR count). The predicted octanol–water partition coefficient (Wildman–Crippen LogP) is 4.39. The Kier molecular flexibility index (Phi) is 11.6. The van der Waals surface area contributed by atoms with Crippen molar-refractivity contribution in [2.45, 2.75) is 50.6 Å². The molecule has 1 unspecified atom stereocenters. The minimum absolute atomic E-state index is 0.178. The van der Waals surface area contributed by atoms with E-state index in [9.17, 15) is 38.2 Å². The second-order valence-electron chi connectivity index (χ2n) is 12.3. The number of β-lactam (4-membered cyclic amide) rings is 1. The number of carboxylic acids is 1. The van der Waals surface area contributed by atoms with Crippen LogP contribution in [0.2, 0.25) is 0 Å². The zero-order valence-corrected chi connectivity index (χ0v) is 26.9. The predicted molar refractivity (Wildman–Crippen MR) is 173 cm³/mol. The standard InChI is InChI=1S/C34H37F2N3O7S/c1-34(2,3)16-26(33(44)45)38-28(41)17-37-29(42)18-46-25-14-6-21(7-15-25)30-31(32(43)39(30)24-12-10-23(36)11-13-24)47-19-27(40)20-4-8-22(35)9-5-20/h4-15,26-27,30-31,40H,16-19H2,1-3H3,(H,37,42)(H,38,41)(H,44,45)/t26-,27?,30+,31+/m0/s1. The number of carbonyl (C=O) groups is 4. The molecule has 1 aliphatic heterocycles. The van der Waals surface area contributed by atoms with E-state index in [2.05, 4.69) is 10.6 Å². The van der Waals surface area contributed by atoms with E-state index < -0.39 is 66.0 Å². The molecule has 3 aromatic rings. The van der Waals surface area contributed by atoms with Gasteiger partial charge in [-0.1, -0.05) is 45.0 Å². The summed E-state index contributed by atoms with van der Waals surface area (Å²) in [7, 11) is 0. The molecule has 1 aliphatic rings. The van der Waals surface area contributed by atoms with E-state index in [1.165, 1.54) is 60.3 Å². The summed E-state index contributed by atoms with van der Waals surface area (Å²) in [6.45, 7) is 4.75. The molecule has 4 atom stereocenters. The first kappa shape index (κ1) is 35.4. The number of hydrogen-bond acceptors (Lipinski definition) is 7. The Morgan fingerprint density at radius 2 is 1.53 bits per heavy atom. The number of nitrogens with zero attached hydrogens (tertiary/aromatic N) is 1. The second kappa shape index (κ2) is 15.4. The molecular formula is C34H37F2N3O7S. The highest BCUT2D eigenvalue weighted by Gasteiger charge is 2.49. The van der Waals surface area contributed by atoms with Crippen LogP contribution in [0.4, 0.5) is 14.5 Å². The molecule has 0 aromatic heterocycles. The van der Waals surface area contributed by atoms with Crippen molar-refractivity contribution in [3.63, 3.8) is 0 Å². The van der Waals surface area contributed by atoms with Crippen molar-refractivity contribution in [1.82, 2.24) is 10.6 Å². The number of carbonyl (C=O) groups excluding carboxylic acids is 3. The lowest BCUT2D eigenvalue weighted by Crippen LogP contribution is -2.57. The van der Waals surface area contributed by atoms with Gasteiger partial charge in [0.15, 0.2) is 6.61 Å². The van der Waals surface area contributed by atoms with Crippen molar-refractivity contribution in [3.05, 3.63) is 95.6 Å². The molecule has 3 aromatic carbocycles. The number of rotatable bonds is 14. The van der Waals surface area contributed by atoms with Crippen LogP contribution in [-0.4, -0.2) is 64.1 Å². The number of aliphatic hydroxyl groups excluding tert-OH is 1. The topological polar surface area (TPSA) is 145 Å². The molecule has 1 fully saturated rings. The molecule has 47 heavy (non-hydrogen) atoms. The highest BCUT2D eigenvalue weighted by atomic mass is 32.2. The van der Waals surface area contributed by atoms with Crippen LogP contribution < -0.4 is 20.3 Å². The van der Waals surface area contributed by atoms with Gasteiger partial charge in [0, 0.05) is 11.4 Å². The maximum atomic E-state index is 13.6. The third-order valence-corrected chi connectivity index (χ3v) is 8.65. The Morgan fingerprint density at radius 3 is 2.11 bits per heavy atom. The summed E-state index contributed by atoms with van der Waals surface area (Å²) >= 11 is 1.26. The average Bonchev–Trinajstić information content (AvgIpc) is 3.02. The normalized spacial score (nSPS) is 17.3. The first-order valence-corrected chi connectivity index (χ1v) is 15.9.